The van der Waals surface area contributed by atoms with E-state index in [1.165, 1.54) is 0 Å². The average molecular weight is 329 g/mol. The standard InChI is InChI=1S/C14H5F6N3/c15-6-2-7-10(8(16)3-6)13-22-9-1-5(14(18,19)20)4-21-12(9)23(13)11(7)17/h1-4,11H. The van der Waals surface area contributed by atoms with Crippen LogP contribution in [0.25, 0.3) is 22.6 Å². The van der Waals surface area contributed by atoms with Crippen LogP contribution in [0.1, 0.15) is 17.4 Å². The zero-order valence-electron chi connectivity index (χ0n) is 11.0. The lowest BCUT2D eigenvalue weighted by molar-refractivity contribution is -0.137. The first-order chi connectivity index (χ1) is 10.8. The Morgan fingerprint density at radius 2 is 1.83 bits per heavy atom. The minimum atomic E-state index is -4.63. The van der Waals surface area contributed by atoms with E-state index in [1.807, 2.05) is 0 Å². The molecule has 0 saturated heterocycles. The van der Waals surface area contributed by atoms with Crippen molar-refractivity contribution in [2.24, 2.45) is 0 Å². The molecule has 4 rings (SSSR count). The molecule has 9 heteroatoms. The molecular weight excluding hydrogens is 324 g/mol. The maximum atomic E-state index is 14.5. The summed E-state index contributed by atoms with van der Waals surface area (Å²) in [5, 5.41) is 0. The summed E-state index contributed by atoms with van der Waals surface area (Å²) in [6.07, 6.45) is -6.06. The molecule has 23 heavy (non-hydrogen) atoms. The Bertz CT molecular complexity index is 959. The number of hydrogen-bond donors (Lipinski definition) is 0. The first kappa shape index (κ1) is 14.0. The van der Waals surface area contributed by atoms with Gasteiger partial charge in [0.15, 0.2) is 5.65 Å². The Kier molecular flexibility index (Phi) is 2.59. The molecule has 3 aromatic rings. The third-order valence-electron chi connectivity index (χ3n) is 3.65. The molecule has 0 fully saturated rings. The molecule has 0 aliphatic carbocycles. The van der Waals surface area contributed by atoms with Crippen LogP contribution in [0.2, 0.25) is 0 Å². The zero-order valence-corrected chi connectivity index (χ0v) is 11.0. The smallest absolute Gasteiger partial charge is 0.273 e. The Morgan fingerprint density at radius 1 is 1.09 bits per heavy atom. The number of imidazole rings is 1. The van der Waals surface area contributed by atoms with Crippen molar-refractivity contribution in [1.29, 1.82) is 0 Å². The minimum Gasteiger partial charge on any atom is -0.273 e. The van der Waals surface area contributed by atoms with E-state index >= 15 is 0 Å². The maximum absolute atomic E-state index is 14.5. The second-order valence-electron chi connectivity index (χ2n) is 5.06. The van der Waals surface area contributed by atoms with Gasteiger partial charge in [-0.3, -0.25) is 4.57 Å². The van der Waals surface area contributed by atoms with E-state index in [4.69, 9.17) is 0 Å². The highest BCUT2D eigenvalue weighted by Gasteiger charge is 2.37. The highest BCUT2D eigenvalue weighted by atomic mass is 19.4. The van der Waals surface area contributed by atoms with Gasteiger partial charge >= 0.3 is 6.18 Å². The van der Waals surface area contributed by atoms with Gasteiger partial charge in [0.2, 0.25) is 6.30 Å². The van der Waals surface area contributed by atoms with Crippen molar-refractivity contribution >= 4 is 11.2 Å². The molecule has 1 aliphatic heterocycles. The summed E-state index contributed by atoms with van der Waals surface area (Å²) >= 11 is 0. The zero-order chi connectivity index (χ0) is 16.5. The van der Waals surface area contributed by atoms with Gasteiger partial charge in [-0.2, -0.15) is 13.2 Å². The number of hydrogen-bond acceptors (Lipinski definition) is 2. The second-order valence-corrected chi connectivity index (χ2v) is 5.06. The number of nitrogens with zero attached hydrogens (tertiary/aromatic N) is 3. The number of rotatable bonds is 0. The molecule has 1 aliphatic rings. The summed E-state index contributed by atoms with van der Waals surface area (Å²) in [5.41, 5.74) is -1.97. The van der Waals surface area contributed by atoms with Crippen LogP contribution < -0.4 is 0 Å². The van der Waals surface area contributed by atoms with Gasteiger partial charge in [-0.05, 0) is 12.1 Å². The fraction of sp³-hybridized carbons (Fsp3) is 0.143. The van der Waals surface area contributed by atoms with Crippen molar-refractivity contribution in [2.45, 2.75) is 12.5 Å². The molecule has 0 bridgehead atoms. The fourth-order valence-corrected chi connectivity index (χ4v) is 2.68. The van der Waals surface area contributed by atoms with E-state index in [0.29, 0.717) is 18.3 Å². The van der Waals surface area contributed by atoms with Crippen LogP contribution in [0.3, 0.4) is 0 Å². The van der Waals surface area contributed by atoms with Crippen LogP contribution in [0.5, 0.6) is 0 Å². The lowest BCUT2D eigenvalue weighted by Crippen LogP contribution is -2.06. The van der Waals surface area contributed by atoms with Gasteiger partial charge in [0.25, 0.3) is 0 Å². The summed E-state index contributed by atoms with van der Waals surface area (Å²) in [6, 6.07) is 2.10. The highest BCUT2D eigenvalue weighted by molar-refractivity contribution is 5.81. The SMILES string of the molecule is Fc1cc(F)c2c(c1)C(F)n1c-2nc2cc(C(F)(F)F)cnc21. The number of aromatic nitrogens is 3. The Labute approximate surface area is 124 Å². The quantitative estimate of drug-likeness (QED) is 0.578. The normalized spacial score (nSPS) is 16.7. The van der Waals surface area contributed by atoms with Crippen molar-refractivity contribution in [1.82, 2.24) is 14.5 Å². The van der Waals surface area contributed by atoms with Crippen molar-refractivity contribution in [3.63, 3.8) is 0 Å². The molecule has 3 nitrogen and oxygen atoms in total. The molecular formula is C14H5F6N3. The topological polar surface area (TPSA) is 30.7 Å². The van der Waals surface area contributed by atoms with Crippen LogP contribution in [0, 0.1) is 11.6 Å². The highest BCUT2D eigenvalue weighted by Crippen LogP contribution is 2.44. The predicted molar refractivity (Wildman–Crippen MR) is 67.1 cm³/mol. The molecule has 0 amide bonds. The molecule has 118 valence electrons. The number of benzene rings is 1. The van der Waals surface area contributed by atoms with Gasteiger partial charge < -0.3 is 0 Å². The number of pyridine rings is 1. The van der Waals surface area contributed by atoms with Crippen molar-refractivity contribution < 1.29 is 26.3 Å². The lowest BCUT2D eigenvalue weighted by Gasteiger charge is -2.08. The largest absolute Gasteiger partial charge is 0.417 e. The molecule has 1 atom stereocenters. The maximum Gasteiger partial charge on any atom is 0.417 e. The van der Waals surface area contributed by atoms with Gasteiger partial charge in [0.05, 0.1) is 11.1 Å². The van der Waals surface area contributed by atoms with Crippen molar-refractivity contribution in [3.8, 4) is 11.4 Å². The Hall–Kier alpha value is -2.58. The summed E-state index contributed by atoms with van der Waals surface area (Å²) in [4.78, 5) is 7.44. The Morgan fingerprint density at radius 3 is 2.52 bits per heavy atom. The summed E-state index contributed by atoms with van der Waals surface area (Å²) in [5.74, 6) is -2.20. The molecule has 1 aromatic carbocycles. The van der Waals surface area contributed by atoms with Gasteiger partial charge in [0, 0.05) is 17.8 Å². The van der Waals surface area contributed by atoms with Gasteiger partial charge in [-0.15, -0.1) is 0 Å². The monoisotopic (exact) mass is 329 g/mol. The number of fused-ring (bicyclic) bond motifs is 5. The first-order valence-corrected chi connectivity index (χ1v) is 6.36. The summed E-state index contributed by atoms with van der Waals surface area (Å²) in [6.45, 7) is 0. The van der Waals surface area contributed by atoms with Crippen LogP contribution in [0.4, 0.5) is 26.3 Å². The van der Waals surface area contributed by atoms with Crippen LogP contribution in [-0.2, 0) is 6.18 Å². The lowest BCUT2D eigenvalue weighted by atomic mass is 10.1. The second kappa shape index (κ2) is 4.24. The minimum absolute atomic E-state index is 0.170. The van der Waals surface area contributed by atoms with Gasteiger partial charge in [-0.1, -0.05) is 0 Å². The molecule has 0 saturated carbocycles. The van der Waals surface area contributed by atoms with Crippen LogP contribution in [-0.4, -0.2) is 14.5 Å². The molecule has 2 aromatic heterocycles. The molecule has 0 radical (unpaired) electrons. The van der Waals surface area contributed by atoms with Crippen molar-refractivity contribution in [2.75, 3.05) is 0 Å². The molecule has 0 N–H and O–H groups in total. The summed E-state index contributed by atoms with van der Waals surface area (Å²) in [7, 11) is 0. The molecule has 1 unspecified atom stereocenters. The van der Waals surface area contributed by atoms with Crippen LogP contribution in [0.15, 0.2) is 24.4 Å². The fourth-order valence-electron chi connectivity index (χ4n) is 2.68. The Balaban J connectivity index is 2.01. The van der Waals surface area contributed by atoms with Crippen molar-refractivity contribution in [3.05, 3.63) is 47.2 Å². The van der Waals surface area contributed by atoms with Gasteiger partial charge in [0.1, 0.15) is 23.0 Å². The number of alkyl halides is 4. The molecule has 3 heterocycles. The van der Waals surface area contributed by atoms with E-state index in [9.17, 15) is 26.3 Å². The van der Waals surface area contributed by atoms with E-state index < -0.39 is 29.7 Å². The summed E-state index contributed by atoms with van der Waals surface area (Å²) < 4.78 is 80.6. The molecule has 0 spiro atoms. The third kappa shape index (κ3) is 1.85. The predicted octanol–water partition coefficient (Wildman–Crippen LogP) is 4.23. The average Bonchev–Trinajstić information content (AvgIpc) is 2.93. The van der Waals surface area contributed by atoms with E-state index in [2.05, 4.69) is 9.97 Å². The van der Waals surface area contributed by atoms with E-state index in [1.54, 1.807) is 0 Å². The van der Waals surface area contributed by atoms with Crippen LogP contribution >= 0.6 is 0 Å². The van der Waals surface area contributed by atoms with E-state index in [0.717, 1.165) is 10.6 Å². The van der Waals surface area contributed by atoms with Gasteiger partial charge in [-0.25, -0.2) is 23.1 Å². The third-order valence-corrected chi connectivity index (χ3v) is 3.65. The van der Waals surface area contributed by atoms with E-state index in [-0.39, 0.29) is 28.1 Å². The number of halogens is 6. The first-order valence-electron chi connectivity index (χ1n) is 6.36.